The van der Waals surface area contributed by atoms with Crippen molar-refractivity contribution in [3.8, 4) is 0 Å². The van der Waals surface area contributed by atoms with Crippen LogP contribution >= 0.6 is 7.82 Å². The van der Waals surface area contributed by atoms with Crippen LogP contribution in [0.1, 0.15) is 335 Å². The Kier molecular flexibility index (Phi) is 71.9. The van der Waals surface area contributed by atoms with Crippen molar-refractivity contribution in [3.63, 3.8) is 0 Å². The number of phosphoric acid groups is 1. The van der Waals surface area contributed by atoms with Crippen molar-refractivity contribution in [1.29, 1.82) is 0 Å². The maximum atomic E-state index is 12.9. The van der Waals surface area contributed by atoms with Gasteiger partial charge in [-0.2, -0.15) is 0 Å². The number of nitrogens with zero attached hydrogens (tertiary/aromatic N) is 1. The summed E-state index contributed by atoms with van der Waals surface area (Å²) in [5.74, 6) is -0.838. The predicted octanol–water partition coefficient (Wildman–Crippen LogP) is 25.9. The first-order valence-corrected chi connectivity index (χ1v) is 41.0. The summed E-state index contributed by atoms with van der Waals surface area (Å²) in [6, 6.07) is 0. The molecule has 2 unspecified atom stereocenters. The SMILES string of the molecule is CC/C=C\C/C=C\C/C=C\C/C=C\C/C=C\C/C=C\C/C=C\C/C=C\CCCCCCCCCCC(=O)OC(COC(=O)CCCCCCCCCCCCCCCCCCCCCCCCCCCC/C=C\C/C=C\C/C=C\C/C=C\CC)COP(=O)([O-])OCC[N+](C)(C)C. The fourth-order valence-electron chi connectivity index (χ4n) is 10.9. The lowest BCUT2D eigenvalue weighted by Gasteiger charge is -2.28. The van der Waals surface area contributed by atoms with Crippen LogP contribution in [0.4, 0.5) is 0 Å². The molecule has 9 nitrogen and oxygen atoms in total. The van der Waals surface area contributed by atoms with Crippen LogP contribution in [0.5, 0.6) is 0 Å². The fraction of sp³-hybridized carbons (Fsp3) is 0.698. The van der Waals surface area contributed by atoms with Crippen LogP contribution in [0.15, 0.2) is 146 Å². The minimum Gasteiger partial charge on any atom is -0.756 e. The first-order valence-electron chi connectivity index (χ1n) is 39.5. The van der Waals surface area contributed by atoms with E-state index in [0.29, 0.717) is 17.4 Å². The second-order valence-electron chi connectivity index (χ2n) is 27.3. The minimum absolute atomic E-state index is 0.0373. The molecule has 0 aliphatic carbocycles. The molecular formula is C86H148NO8P. The van der Waals surface area contributed by atoms with E-state index in [1.165, 1.54) is 180 Å². The Morgan fingerprint density at radius 3 is 0.833 bits per heavy atom. The second kappa shape index (κ2) is 75.1. The number of hydrogen-bond donors (Lipinski definition) is 0. The number of quaternary nitrogens is 1. The monoisotopic (exact) mass is 1350 g/mol. The van der Waals surface area contributed by atoms with E-state index in [4.69, 9.17) is 18.5 Å². The van der Waals surface area contributed by atoms with E-state index in [9.17, 15) is 19.0 Å². The Hall–Kier alpha value is -4.11. The van der Waals surface area contributed by atoms with E-state index >= 15 is 0 Å². The Morgan fingerprint density at radius 2 is 0.562 bits per heavy atom. The summed E-state index contributed by atoms with van der Waals surface area (Å²) in [7, 11) is 1.16. The Morgan fingerprint density at radius 1 is 0.323 bits per heavy atom. The zero-order valence-electron chi connectivity index (χ0n) is 62.8. The number of rotatable bonds is 72. The number of ether oxygens (including phenoxy) is 2. The Labute approximate surface area is 593 Å². The third kappa shape index (κ3) is 78.9. The molecule has 0 rings (SSSR count). The van der Waals surface area contributed by atoms with Crippen LogP contribution in [-0.4, -0.2) is 70.0 Å². The Bertz CT molecular complexity index is 2140. The number of carbonyl (C=O) groups is 2. The normalized spacial score (nSPS) is 13.9. The standard InChI is InChI=1S/C86H148NO8P/c1-6-8-10-12-14-16-18-20-22-24-26-28-30-32-34-36-38-40-41-42-43-44-45-47-48-50-52-54-56-58-60-62-64-66-68-70-72-74-76-78-85(88)92-82-84(83-94-96(90,91)93-81-80-87(3,4)5)95-86(89)79-77-75-73-71-69-67-65-63-61-59-57-55-53-51-49-46-39-37-35-33-31-29-27-25-23-21-19-17-15-13-11-9-7-2/h8-11,14-17,20-23,26-29,33,35,39,46,51,53,57,59,84H,6-7,12-13,18-19,24-25,30-32,34,36-38,40-45,47-50,52,54-56,58,60-83H2,1-5H3/b10-8-,11-9-,16-14-,17-15-,22-20-,23-21-,28-26-,29-27-,35-33-,46-39-,53-51-,59-57-. The van der Waals surface area contributed by atoms with E-state index < -0.39 is 26.5 Å². The lowest BCUT2D eigenvalue weighted by atomic mass is 10.0. The third-order valence-electron chi connectivity index (χ3n) is 16.9. The van der Waals surface area contributed by atoms with E-state index in [2.05, 4.69) is 160 Å². The summed E-state index contributed by atoms with van der Waals surface area (Å²) >= 11 is 0. The fourth-order valence-corrected chi connectivity index (χ4v) is 11.6. The van der Waals surface area contributed by atoms with E-state index in [0.717, 1.165) is 122 Å². The molecule has 0 aromatic rings. The molecular weight excluding hydrogens is 1210 g/mol. The highest BCUT2D eigenvalue weighted by atomic mass is 31.2. The van der Waals surface area contributed by atoms with Crippen molar-refractivity contribution >= 4 is 19.8 Å². The maximum absolute atomic E-state index is 12.9. The molecule has 0 aliphatic heterocycles. The van der Waals surface area contributed by atoms with Crippen molar-refractivity contribution in [3.05, 3.63) is 146 Å². The highest BCUT2D eigenvalue weighted by Gasteiger charge is 2.22. The van der Waals surface area contributed by atoms with Gasteiger partial charge >= 0.3 is 11.9 Å². The molecule has 0 fully saturated rings. The van der Waals surface area contributed by atoms with Crippen molar-refractivity contribution in [1.82, 2.24) is 0 Å². The molecule has 0 aromatic carbocycles. The first kappa shape index (κ1) is 91.9. The lowest BCUT2D eigenvalue weighted by molar-refractivity contribution is -0.870. The molecule has 0 aliphatic rings. The molecule has 10 heteroatoms. The van der Waals surface area contributed by atoms with Gasteiger partial charge in [-0.25, -0.2) is 0 Å². The van der Waals surface area contributed by atoms with Crippen LogP contribution in [0.25, 0.3) is 0 Å². The summed E-state index contributed by atoms with van der Waals surface area (Å²) in [5.41, 5.74) is 0. The van der Waals surface area contributed by atoms with Gasteiger partial charge in [0, 0.05) is 12.8 Å². The average Bonchev–Trinajstić information content (AvgIpc) is 1.48. The van der Waals surface area contributed by atoms with Gasteiger partial charge in [-0.05, 0) is 116 Å². The highest BCUT2D eigenvalue weighted by Crippen LogP contribution is 2.38. The molecule has 0 spiro atoms. The quantitative estimate of drug-likeness (QED) is 0.0195. The number of esters is 2. The number of carbonyl (C=O) groups excluding carboxylic acids is 2. The smallest absolute Gasteiger partial charge is 0.306 e. The van der Waals surface area contributed by atoms with Gasteiger partial charge < -0.3 is 27.9 Å². The highest BCUT2D eigenvalue weighted by molar-refractivity contribution is 7.45. The summed E-state index contributed by atoms with van der Waals surface area (Å²) < 4.78 is 34.4. The minimum atomic E-state index is -4.66. The number of allylic oxidation sites excluding steroid dienone is 24. The predicted molar refractivity (Wildman–Crippen MR) is 415 cm³/mol. The lowest BCUT2D eigenvalue weighted by Crippen LogP contribution is -2.37. The summed E-state index contributed by atoms with van der Waals surface area (Å²) in [6.45, 7) is 4.03. The molecule has 0 N–H and O–H groups in total. The van der Waals surface area contributed by atoms with Crippen molar-refractivity contribution < 1.29 is 42.1 Å². The molecule has 0 heterocycles. The van der Waals surface area contributed by atoms with E-state index in [1.54, 1.807) is 0 Å². The summed E-state index contributed by atoms with van der Waals surface area (Å²) in [6.07, 6.45) is 111. The summed E-state index contributed by atoms with van der Waals surface area (Å²) in [5, 5.41) is 0. The maximum Gasteiger partial charge on any atom is 0.306 e. The van der Waals surface area contributed by atoms with Gasteiger partial charge in [-0.15, -0.1) is 0 Å². The zero-order valence-corrected chi connectivity index (χ0v) is 63.7. The first-order chi connectivity index (χ1) is 47.0. The molecule has 2 atom stereocenters. The van der Waals surface area contributed by atoms with Gasteiger partial charge in [0.05, 0.1) is 27.7 Å². The van der Waals surface area contributed by atoms with Gasteiger partial charge in [-0.1, -0.05) is 352 Å². The van der Waals surface area contributed by atoms with Gasteiger partial charge in [-0.3, -0.25) is 14.2 Å². The molecule has 550 valence electrons. The van der Waals surface area contributed by atoms with Crippen LogP contribution in [0.2, 0.25) is 0 Å². The second-order valence-corrected chi connectivity index (χ2v) is 28.7. The Balaban J connectivity index is 3.99. The average molecular weight is 1360 g/mol. The van der Waals surface area contributed by atoms with Gasteiger partial charge in [0.25, 0.3) is 7.82 Å². The molecule has 0 saturated heterocycles. The third-order valence-corrected chi connectivity index (χ3v) is 17.8. The van der Waals surface area contributed by atoms with E-state index in [1.807, 2.05) is 21.1 Å². The van der Waals surface area contributed by atoms with Gasteiger partial charge in [0.1, 0.15) is 19.8 Å². The van der Waals surface area contributed by atoms with Crippen LogP contribution < -0.4 is 4.89 Å². The van der Waals surface area contributed by atoms with Crippen LogP contribution in [0.3, 0.4) is 0 Å². The number of likely N-dealkylation sites (N-methyl/N-ethyl adjacent to an activating group) is 1. The number of phosphoric ester groups is 1. The number of unbranched alkanes of at least 4 members (excludes halogenated alkanes) is 34. The van der Waals surface area contributed by atoms with Gasteiger partial charge in [0.15, 0.2) is 6.10 Å². The van der Waals surface area contributed by atoms with Crippen molar-refractivity contribution in [2.75, 3.05) is 47.5 Å². The largest absolute Gasteiger partial charge is 0.756 e. The summed E-state index contributed by atoms with van der Waals surface area (Å²) in [4.78, 5) is 38.2. The zero-order chi connectivity index (χ0) is 69.7. The molecule has 0 aromatic heterocycles. The van der Waals surface area contributed by atoms with Crippen molar-refractivity contribution in [2.45, 2.75) is 341 Å². The van der Waals surface area contributed by atoms with Gasteiger partial charge in [0.2, 0.25) is 0 Å². The number of hydrogen-bond acceptors (Lipinski definition) is 8. The van der Waals surface area contributed by atoms with Crippen LogP contribution in [-0.2, 0) is 32.7 Å². The van der Waals surface area contributed by atoms with Crippen LogP contribution in [0, 0.1) is 0 Å². The van der Waals surface area contributed by atoms with E-state index in [-0.39, 0.29) is 32.0 Å². The molecule has 0 bridgehead atoms. The topological polar surface area (TPSA) is 111 Å². The molecule has 96 heavy (non-hydrogen) atoms. The molecule has 0 amide bonds. The molecule has 0 radical (unpaired) electrons. The van der Waals surface area contributed by atoms with Crippen molar-refractivity contribution in [2.24, 2.45) is 0 Å². The molecule has 0 saturated carbocycles.